The Bertz CT molecular complexity index is 713. The van der Waals surface area contributed by atoms with Crippen molar-refractivity contribution in [3.8, 4) is 0 Å². The normalized spacial score (nSPS) is 16.5. The molecule has 1 aliphatic heterocycles. The largest absolute Gasteiger partial charge is 2.00 e. The maximum Gasteiger partial charge on any atom is 2.00 e. The molecule has 0 amide bonds. The summed E-state index contributed by atoms with van der Waals surface area (Å²) in [5.74, 6) is -1.37. The fourth-order valence-corrected chi connectivity index (χ4v) is 2.94. The molecular formula is C17H19CaNO3. The summed E-state index contributed by atoms with van der Waals surface area (Å²) in [7, 11) is 0. The third-order valence-corrected chi connectivity index (χ3v) is 4.09. The van der Waals surface area contributed by atoms with Crippen LogP contribution in [0.5, 0.6) is 0 Å². The number of carbonyl (C=O) groups is 2. The van der Waals surface area contributed by atoms with E-state index in [1.54, 1.807) is 12.1 Å². The van der Waals surface area contributed by atoms with Gasteiger partial charge in [0.15, 0.2) is 0 Å². The number of hydrogen-bond donors (Lipinski definition) is 1. The number of hydrogen-bond acceptors (Lipinski definition) is 2. The second kappa shape index (κ2) is 6.99. The van der Waals surface area contributed by atoms with E-state index in [9.17, 15) is 14.7 Å². The summed E-state index contributed by atoms with van der Waals surface area (Å²) in [6.07, 6.45) is 1.42. The summed E-state index contributed by atoms with van der Waals surface area (Å²) in [6, 6.07) is 11.0. The van der Waals surface area contributed by atoms with Crippen molar-refractivity contribution in [2.24, 2.45) is 0 Å². The van der Waals surface area contributed by atoms with Gasteiger partial charge in [-0.1, -0.05) is 29.8 Å². The number of ketones is 1. The number of fused-ring (bicyclic) bond motifs is 1. The van der Waals surface area contributed by atoms with Gasteiger partial charge in [-0.3, -0.25) is 9.59 Å². The number of aliphatic carboxylic acids is 1. The molecule has 0 bridgehead atoms. The van der Waals surface area contributed by atoms with Crippen molar-refractivity contribution < 1.29 is 17.5 Å². The van der Waals surface area contributed by atoms with Crippen LogP contribution in [0.3, 0.4) is 0 Å². The van der Waals surface area contributed by atoms with Gasteiger partial charge in [0, 0.05) is 17.8 Å². The van der Waals surface area contributed by atoms with E-state index >= 15 is 0 Å². The maximum atomic E-state index is 12.6. The van der Waals surface area contributed by atoms with Crippen LogP contribution in [-0.2, 0) is 11.3 Å². The topological polar surface area (TPSA) is 59.3 Å². The molecule has 3 rings (SSSR count). The van der Waals surface area contributed by atoms with Crippen molar-refractivity contribution >= 4 is 49.5 Å². The predicted molar refractivity (Wildman–Crippen MR) is 86.6 cm³/mol. The zero-order valence-electron chi connectivity index (χ0n) is 14.6. The molecule has 112 valence electrons. The van der Waals surface area contributed by atoms with E-state index in [0.717, 1.165) is 17.7 Å². The summed E-state index contributed by atoms with van der Waals surface area (Å²) in [5, 5.41) is 9.28. The number of nitrogens with zero attached hydrogens (tertiary/aromatic N) is 1. The molecule has 0 fully saturated rings. The summed E-state index contributed by atoms with van der Waals surface area (Å²) in [5.41, 5.74) is 3.07. The van der Waals surface area contributed by atoms with E-state index in [2.05, 4.69) is 0 Å². The molecule has 1 N–H and O–H groups in total. The van der Waals surface area contributed by atoms with Crippen LogP contribution < -0.4 is 0 Å². The Kier molecular flexibility index (Phi) is 5.48. The molecule has 1 unspecified atom stereocenters. The zero-order chi connectivity index (χ0) is 15.0. The second-order valence-corrected chi connectivity index (χ2v) is 5.52. The van der Waals surface area contributed by atoms with Crippen molar-refractivity contribution in [1.29, 1.82) is 0 Å². The molecule has 1 aliphatic rings. The first-order chi connectivity index (χ1) is 10.1. The van der Waals surface area contributed by atoms with Gasteiger partial charge in [-0.2, -0.15) is 0 Å². The summed E-state index contributed by atoms with van der Waals surface area (Å²) >= 11 is 0. The number of benzene rings is 1. The Morgan fingerprint density at radius 2 is 1.86 bits per heavy atom. The van der Waals surface area contributed by atoms with Crippen molar-refractivity contribution in [2.45, 2.75) is 32.2 Å². The van der Waals surface area contributed by atoms with Gasteiger partial charge in [0.25, 0.3) is 0 Å². The fraction of sp³-hybridized carbons (Fsp3) is 0.294. The number of carboxylic acids is 1. The van der Waals surface area contributed by atoms with E-state index < -0.39 is 11.9 Å². The summed E-state index contributed by atoms with van der Waals surface area (Å²) < 4.78 is 1.87. The van der Waals surface area contributed by atoms with Gasteiger partial charge in [-0.05, 0) is 31.9 Å². The first-order valence-corrected chi connectivity index (χ1v) is 7.11. The maximum absolute atomic E-state index is 12.6. The first kappa shape index (κ1) is 17.3. The van der Waals surface area contributed by atoms with E-state index in [4.69, 9.17) is 0 Å². The Balaban J connectivity index is 0.00000176. The van der Waals surface area contributed by atoms with E-state index in [1.165, 1.54) is 0 Å². The van der Waals surface area contributed by atoms with Crippen LogP contribution >= 0.6 is 0 Å². The predicted octanol–water partition coefficient (Wildman–Crippen LogP) is 2.83. The average Bonchev–Trinajstić information content (AvgIpc) is 2.90. The third kappa shape index (κ3) is 3.14. The minimum atomic E-state index is -0.816. The molecule has 0 radical (unpaired) electrons. The molecule has 5 heteroatoms. The van der Waals surface area contributed by atoms with Crippen LogP contribution in [0.15, 0.2) is 36.4 Å². The molecule has 0 aliphatic carbocycles. The molecule has 1 atom stereocenters. The van der Waals surface area contributed by atoms with Crippen molar-refractivity contribution in [3.63, 3.8) is 0 Å². The molecule has 22 heavy (non-hydrogen) atoms. The summed E-state index contributed by atoms with van der Waals surface area (Å²) in [4.78, 5) is 23.9. The van der Waals surface area contributed by atoms with E-state index in [1.807, 2.05) is 35.8 Å². The summed E-state index contributed by atoms with van der Waals surface area (Å²) in [6.45, 7) is 2.68. The molecule has 0 saturated carbocycles. The van der Waals surface area contributed by atoms with Gasteiger partial charge >= 0.3 is 43.7 Å². The second-order valence-electron chi connectivity index (χ2n) is 5.52. The molecule has 2 aromatic rings. The minimum Gasteiger partial charge on any atom is -1.00 e. The van der Waals surface area contributed by atoms with Crippen LogP contribution in [0.2, 0.25) is 0 Å². The van der Waals surface area contributed by atoms with Crippen LogP contribution in [-0.4, -0.2) is 59.2 Å². The van der Waals surface area contributed by atoms with Gasteiger partial charge in [0.05, 0.1) is 11.6 Å². The Morgan fingerprint density at radius 3 is 2.50 bits per heavy atom. The van der Waals surface area contributed by atoms with Gasteiger partial charge in [-0.25, -0.2) is 0 Å². The molecule has 0 spiro atoms. The van der Waals surface area contributed by atoms with Gasteiger partial charge < -0.3 is 12.5 Å². The number of carbonyl (C=O) groups excluding carboxylic acids is 1. The molecule has 4 nitrogen and oxygen atoms in total. The minimum absolute atomic E-state index is 0. The number of rotatable bonds is 3. The smallest absolute Gasteiger partial charge is 1.00 e. The quantitative estimate of drug-likeness (QED) is 0.697. The van der Waals surface area contributed by atoms with Crippen molar-refractivity contribution in [3.05, 3.63) is 58.9 Å². The van der Waals surface area contributed by atoms with Gasteiger partial charge in [0.2, 0.25) is 5.78 Å². The fourth-order valence-electron chi connectivity index (χ4n) is 2.94. The molecule has 2 heterocycles. The van der Waals surface area contributed by atoms with Gasteiger partial charge in [-0.15, -0.1) is 0 Å². The van der Waals surface area contributed by atoms with Crippen molar-refractivity contribution in [2.75, 3.05) is 0 Å². The molecular weight excluding hydrogens is 306 g/mol. The van der Waals surface area contributed by atoms with E-state index in [-0.39, 0.29) is 46.4 Å². The molecule has 1 aromatic carbocycles. The van der Waals surface area contributed by atoms with Crippen molar-refractivity contribution in [1.82, 2.24) is 4.57 Å². The van der Waals surface area contributed by atoms with Crippen LogP contribution in [0.1, 0.15) is 48.9 Å². The third-order valence-electron chi connectivity index (χ3n) is 4.09. The Hall–Kier alpha value is -1.10. The number of aromatic nitrogens is 1. The number of aryl methyl sites for hydroxylation is 1. The average molecular weight is 325 g/mol. The standard InChI is InChI=1S/C17H17NO3.Ca.2H/c1-11-4-6-12(7-5-11)16(19)15-9-8-14-13(17(20)21)3-2-10-18(14)15;;;/h4-9,13H,2-3,10H2,1H3,(H,20,21);;;/q;+2;2*-1. The first-order valence-electron chi connectivity index (χ1n) is 7.11. The Labute approximate surface area is 162 Å². The van der Waals surface area contributed by atoms with Crippen LogP contribution in [0, 0.1) is 6.92 Å². The monoisotopic (exact) mass is 325 g/mol. The SMILES string of the molecule is Cc1ccc(C(=O)c2ccc3n2CCCC3C(=O)O)cc1.[Ca+2].[H-].[H-]. The van der Waals surface area contributed by atoms with Gasteiger partial charge in [0.1, 0.15) is 0 Å². The zero-order valence-corrected chi connectivity index (χ0v) is 14.8. The molecule has 1 aromatic heterocycles. The van der Waals surface area contributed by atoms with Crippen LogP contribution in [0.4, 0.5) is 0 Å². The van der Waals surface area contributed by atoms with Crippen LogP contribution in [0.25, 0.3) is 0 Å². The van der Waals surface area contributed by atoms with E-state index in [0.29, 0.717) is 24.2 Å². The number of carboxylic acid groups (broad SMARTS) is 1. The molecule has 0 saturated heterocycles. The Morgan fingerprint density at radius 1 is 1.18 bits per heavy atom.